The predicted octanol–water partition coefficient (Wildman–Crippen LogP) is 3.56. The van der Waals surface area contributed by atoms with Crippen LogP contribution in [0.2, 0.25) is 5.02 Å². The number of aromatic nitrogens is 1. The van der Waals surface area contributed by atoms with E-state index in [-0.39, 0.29) is 5.02 Å². The molecule has 0 atom stereocenters. The van der Waals surface area contributed by atoms with Gasteiger partial charge in [-0.1, -0.05) is 11.6 Å². The minimum atomic E-state index is -0.538. The van der Waals surface area contributed by atoms with Gasteiger partial charge in [0.05, 0.1) is 5.02 Å². The first kappa shape index (κ1) is 11.7. The van der Waals surface area contributed by atoms with Crippen LogP contribution in [0.25, 0.3) is 0 Å². The third kappa shape index (κ3) is 2.65. The number of aryl methyl sites for hydroxylation is 1. The number of halogens is 2. The van der Waals surface area contributed by atoms with Crippen LogP contribution in [0.3, 0.4) is 0 Å². The molecule has 0 unspecified atom stereocenters. The molecule has 0 fully saturated rings. The molecule has 17 heavy (non-hydrogen) atoms. The first-order valence-corrected chi connectivity index (χ1v) is 5.29. The lowest BCUT2D eigenvalue weighted by atomic mass is 10.3. The monoisotopic (exact) mass is 252 g/mol. The van der Waals surface area contributed by atoms with Crippen molar-refractivity contribution in [1.29, 1.82) is 0 Å². The van der Waals surface area contributed by atoms with Crippen molar-refractivity contribution in [3.8, 4) is 11.6 Å². The molecular formula is C12H10ClFN2O. The Labute approximate surface area is 103 Å². The third-order valence-electron chi connectivity index (χ3n) is 2.23. The molecule has 0 aliphatic heterocycles. The normalized spacial score (nSPS) is 10.3. The molecule has 2 N–H and O–H groups in total. The van der Waals surface area contributed by atoms with Crippen molar-refractivity contribution in [2.24, 2.45) is 0 Å². The molecule has 3 nitrogen and oxygen atoms in total. The lowest BCUT2D eigenvalue weighted by molar-refractivity contribution is 0.458. The molecule has 0 bridgehead atoms. The summed E-state index contributed by atoms with van der Waals surface area (Å²) in [6, 6.07) is 5.76. The molecule has 0 amide bonds. The lowest BCUT2D eigenvalue weighted by Crippen LogP contribution is -1.94. The molecular weight excluding hydrogens is 243 g/mol. The largest absolute Gasteiger partial charge is 0.439 e. The van der Waals surface area contributed by atoms with Crippen LogP contribution in [0.5, 0.6) is 11.6 Å². The average molecular weight is 253 g/mol. The Morgan fingerprint density at radius 1 is 1.35 bits per heavy atom. The van der Waals surface area contributed by atoms with Gasteiger partial charge in [0.15, 0.2) is 0 Å². The van der Waals surface area contributed by atoms with Gasteiger partial charge in [0.25, 0.3) is 0 Å². The fourth-order valence-corrected chi connectivity index (χ4v) is 1.35. The zero-order valence-electron chi connectivity index (χ0n) is 9.08. The maximum atomic E-state index is 13.2. The summed E-state index contributed by atoms with van der Waals surface area (Å²) in [5.74, 6) is 0.0988. The van der Waals surface area contributed by atoms with Crippen LogP contribution in [0.4, 0.5) is 10.1 Å². The van der Waals surface area contributed by atoms with Gasteiger partial charge in [-0.05, 0) is 24.6 Å². The molecule has 2 rings (SSSR count). The summed E-state index contributed by atoms with van der Waals surface area (Å²) in [6.45, 7) is 1.84. The zero-order valence-corrected chi connectivity index (χ0v) is 9.83. The fourth-order valence-electron chi connectivity index (χ4n) is 1.24. The van der Waals surface area contributed by atoms with Gasteiger partial charge in [-0.3, -0.25) is 0 Å². The second kappa shape index (κ2) is 4.59. The van der Waals surface area contributed by atoms with E-state index in [4.69, 9.17) is 22.1 Å². The Balaban J connectivity index is 2.25. The van der Waals surface area contributed by atoms with E-state index in [1.54, 1.807) is 18.3 Å². The Kier molecular flexibility index (Phi) is 3.15. The Bertz CT molecular complexity index is 511. The van der Waals surface area contributed by atoms with Gasteiger partial charge >= 0.3 is 0 Å². The molecule has 1 aromatic carbocycles. The number of benzene rings is 1. The molecule has 1 heterocycles. The average Bonchev–Trinajstić information content (AvgIpc) is 2.29. The first-order chi connectivity index (χ1) is 8.06. The van der Waals surface area contributed by atoms with E-state index in [9.17, 15) is 4.39 Å². The minimum Gasteiger partial charge on any atom is -0.439 e. The second-order valence-electron chi connectivity index (χ2n) is 3.56. The summed E-state index contributed by atoms with van der Waals surface area (Å²) < 4.78 is 18.5. The van der Waals surface area contributed by atoms with E-state index in [1.807, 2.05) is 6.92 Å². The summed E-state index contributed by atoms with van der Waals surface area (Å²) in [4.78, 5) is 4.03. The van der Waals surface area contributed by atoms with E-state index >= 15 is 0 Å². The van der Waals surface area contributed by atoms with E-state index in [2.05, 4.69) is 4.98 Å². The summed E-state index contributed by atoms with van der Waals surface area (Å²) in [7, 11) is 0. The summed E-state index contributed by atoms with van der Waals surface area (Å²) in [5.41, 5.74) is 7.15. The van der Waals surface area contributed by atoms with Gasteiger partial charge in [-0.15, -0.1) is 0 Å². The lowest BCUT2D eigenvalue weighted by Gasteiger charge is -2.07. The fraction of sp³-hybridized carbons (Fsp3) is 0.0833. The van der Waals surface area contributed by atoms with Crippen LogP contribution in [0, 0.1) is 12.7 Å². The highest BCUT2D eigenvalue weighted by Crippen LogP contribution is 2.25. The third-order valence-corrected chi connectivity index (χ3v) is 2.54. The summed E-state index contributed by atoms with van der Waals surface area (Å²) in [6.07, 6.45) is 1.59. The van der Waals surface area contributed by atoms with Gasteiger partial charge in [0.1, 0.15) is 11.6 Å². The molecule has 0 aliphatic rings. The van der Waals surface area contributed by atoms with Crippen LogP contribution in [-0.4, -0.2) is 4.98 Å². The van der Waals surface area contributed by atoms with Crippen molar-refractivity contribution < 1.29 is 9.13 Å². The van der Waals surface area contributed by atoms with Gasteiger partial charge in [-0.25, -0.2) is 9.37 Å². The molecule has 88 valence electrons. The van der Waals surface area contributed by atoms with Crippen LogP contribution < -0.4 is 10.5 Å². The van der Waals surface area contributed by atoms with Crippen LogP contribution in [0.15, 0.2) is 30.5 Å². The number of anilines is 1. The highest BCUT2D eigenvalue weighted by atomic mass is 35.5. The van der Waals surface area contributed by atoms with Crippen molar-refractivity contribution in [3.05, 3.63) is 46.9 Å². The first-order valence-electron chi connectivity index (χ1n) is 4.91. The summed E-state index contributed by atoms with van der Waals surface area (Å²) >= 11 is 5.56. The molecule has 0 saturated carbocycles. The van der Waals surface area contributed by atoms with Crippen molar-refractivity contribution in [3.63, 3.8) is 0 Å². The number of pyridine rings is 1. The highest BCUT2D eigenvalue weighted by molar-refractivity contribution is 6.30. The van der Waals surface area contributed by atoms with Gasteiger partial charge in [0, 0.05) is 24.0 Å². The van der Waals surface area contributed by atoms with Crippen LogP contribution >= 0.6 is 11.6 Å². The molecule has 0 aliphatic carbocycles. The minimum absolute atomic E-state index is 0.0497. The number of nitrogens with two attached hydrogens (primary N) is 1. The van der Waals surface area contributed by atoms with Crippen LogP contribution in [-0.2, 0) is 0 Å². The molecule has 0 spiro atoms. The number of hydrogen-bond donors (Lipinski definition) is 1. The Morgan fingerprint density at radius 2 is 2.12 bits per heavy atom. The Hall–Kier alpha value is -1.81. The number of hydrogen-bond acceptors (Lipinski definition) is 3. The highest BCUT2D eigenvalue weighted by Gasteiger charge is 2.05. The summed E-state index contributed by atoms with van der Waals surface area (Å²) in [5, 5.41) is 0.0497. The van der Waals surface area contributed by atoms with E-state index in [1.165, 1.54) is 12.1 Å². The van der Waals surface area contributed by atoms with Crippen molar-refractivity contribution in [2.75, 3.05) is 5.73 Å². The molecule has 2 aromatic rings. The van der Waals surface area contributed by atoms with Crippen molar-refractivity contribution >= 4 is 17.3 Å². The Morgan fingerprint density at radius 3 is 2.76 bits per heavy atom. The molecule has 0 saturated heterocycles. The quantitative estimate of drug-likeness (QED) is 0.889. The zero-order chi connectivity index (χ0) is 12.4. The van der Waals surface area contributed by atoms with E-state index < -0.39 is 5.82 Å². The maximum absolute atomic E-state index is 13.2. The second-order valence-corrected chi connectivity index (χ2v) is 3.96. The van der Waals surface area contributed by atoms with Gasteiger partial charge in [0.2, 0.25) is 5.88 Å². The standard InChI is InChI=1S/C12H10ClFN2O/c1-7-6-16-12(5-11(7)15)17-8-2-3-9(13)10(14)4-8/h2-6H,1H3,(H2,15,16). The van der Waals surface area contributed by atoms with Crippen molar-refractivity contribution in [2.45, 2.75) is 6.92 Å². The topological polar surface area (TPSA) is 48.1 Å². The molecule has 0 radical (unpaired) electrons. The van der Waals surface area contributed by atoms with E-state index in [0.717, 1.165) is 5.56 Å². The predicted molar refractivity (Wildman–Crippen MR) is 64.9 cm³/mol. The van der Waals surface area contributed by atoms with E-state index in [0.29, 0.717) is 17.3 Å². The molecule has 5 heteroatoms. The number of rotatable bonds is 2. The maximum Gasteiger partial charge on any atom is 0.221 e. The SMILES string of the molecule is Cc1cnc(Oc2ccc(Cl)c(F)c2)cc1N. The van der Waals surface area contributed by atoms with Crippen molar-refractivity contribution in [1.82, 2.24) is 4.98 Å². The number of ether oxygens (including phenoxy) is 1. The number of nitrogen functional groups attached to an aromatic ring is 1. The smallest absolute Gasteiger partial charge is 0.221 e. The van der Waals surface area contributed by atoms with Gasteiger partial charge < -0.3 is 10.5 Å². The van der Waals surface area contributed by atoms with Gasteiger partial charge in [-0.2, -0.15) is 0 Å². The molecule has 1 aromatic heterocycles. The van der Waals surface area contributed by atoms with Crippen LogP contribution in [0.1, 0.15) is 5.56 Å². The number of nitrogens with zero attached hydrogens (tertiary/aromatic N) is 1.